The Bertz CT molecular complexity index is 2020. The van der Waals surface area contributed by atoms with E-state index in [0.29, 0.717) is 0 Å². The van der Waals surface area contributed by atoms with E-state index in [4.69, 9.17) is 9.97 Å². The van der Waals surface area contributed by atoms with Gasteiger partial charge in [0.25, 0.3) is 0 Å². The van der Waals surface area contributed by atoms with Crippen molar-refractivity contribution >= 4 is 55.9 Å². The van der Waals surface area contributed by atoms with Crippen molar-refractivity contribution in [2.75, 3.05) is 9.80 Å². The smallest absolute Gasteiger partial charge is 0.137 e. The molecular formula is C42H38N4. The van der Waals surface area contributed by atoms with E-state index in [1.165, 1.54) is 54.9 Å². The van der Waals surface area contributed by atoms with E-state index in [0.717, 1.165) is 34.4 Å². The first-order valence-electron chi connectivity index (χ1n) is 15.8. The van der Waals surface area contributed by atoms with Gasteiger partial charge in [0.15, 0.2) is 0 Å². The number of rotatable bonds is 6. The molecule has 5 aromatic carbocycles. The quantitative estimate of drug-likeness (QED) is 0.178. The highest BCUT2D eigenvalue weighted by molar-refractivity contribution is 6.08. The Morgan fingerprint density at radius 2 is 0.761 bits per heavy atom. The number of fused-ring (bicyclic) bond motifs is 2. The van der Waals surface area contributed by atoms with Crippen molar-refractivity contribution < 1.29 is 0 Å². The highest BCUT2D eigenvalue weighted by Gasteiger charge is 2.19. The fraction of sp³-hybridized carbons (Fsp3) is 0.143. The molecule has 7 aromatic rings. The second-order valence-corrected chi connectivity index (χ2v) is 12.4. The third-order valence-electron chi connectivity index (χ3n) is 8.82. The summed E-state index contributed by atoms with van der Waals surface area (Å²) in [5, 5.41) is 5.00. The molecule has 2 aromatic heterocycles. The summed E-state index contributed by atoms with van der Waals surface area (Å²) in [6, 6.07) is 39.2. The maximum Gasteiger partial charge on any atom is 0.137 e. The van der Waals surface area contributed by atoms with Crippen LogP contribution in [0.5, 0.6) is 0 Å². The minimum atomic E-state index is 0.896. The predicted molar refractivity (Wildman–Crippen MR) is 195 cm³/mol. The fourth-order valence-corrected chi connectivity index (χ4v) is 6.87. The molecule has 0 fully saturated rings. The molecule has 0 bridgehead atoms. The topological polar surface area (TPSA) is 32.3 Å². The van der Waals surface area contributed by atoms with Gasteiger partial charge in [0.2, 0.25) is 0 Å². The van der Waals surface area contributed by atoms with Crippen LogP contribution in [0.4, 0.5) is 34.4 Å². The number of benzene rings is 5. The Morgan fingerprint density at radius 3 is 1.11 bits per heavy atom. The minimum Gasteiger partial charge on any atom is -0.295 e. The fourth-order valence-electron chi connectivity index (χ4n) is 6.87. The average Bonchev–Trinajstić information content (AvgIpc) is 3.04. The minimum absolute atomic E-state index is 0.896. The molecule has 4 nitrogen and oxygen atoms in total. The highest BCUT2D eigenvalue weighted by Crippen LogP contribution is 2.42. The van der Waals surface area contributed by atoms with E-state index in [-0.39, 0.29) is 0 Å². The predicted octanol–water partition coefficient (Wildman–Crippen LogP) is 11.6. The van der Waals surface area contributed by atoms with Gasteiger partial charge in [-0.15, -0.1) is 0 Å². The lowest BCUT2D eigenvalue weighted by Gasteiger charge is -2.27. The molecule has 0 aliphatic carbocycles. The van der Waals surface area contributed by atoms with Crippen molar-refractivity contribution in [2.24, 2.45) is 0 Å². The first-order chi connectivity index (χ1) is 22.3. The first kappa shape index (κ1) is 29.2. The molecule has 226 valence electrons. The van der Waals surface area contributed by atoms with Gasteiger partial charge in [-0.3, -0.25) is 9.80 Å². The number of anilines is 6. The van der Waals surface area contributed by atoms with Gasteiger partial charge in [0.1, 0.15) is 11.6 Å². The van der Waals surface area contributed by atoms with Crippen molar-refractivity contribution in [3.63, 3.8) is 0 Å². The molecule has 0 aliphatic rings. The number of nitrogens with zero attached hydrogens (tertiary/aromatic N) is 4. The van der Waals surface area contributed by atoms with E-state index in [1.54, 1.807) is 0 Å². The van der Waals surface area contributed by atoms with Gasteiger partial charge in [-0.25, -0.2) is 9.97 Å². The number of aryl methyl sites for hydroxylation is 6. The molecule has 4 heteroatoms. The summed E-state index contributed by atoms with van der Waals surface area (Å²) in [5.74, 6) is 1.79. The van der Waals surface area contributed by atoms with Gasteiger partial charge < -0.3 is 0 Å². The van der Waals surface area contributed by atoms with E-state index < -0.39 is 0 Å². The monoisotopic (exact) mass is 598 g/mol. The zero-order valence-corrected chi connectivity index (χ0v) is 27.3. The van der Waals surface area contributed by atoms with Crippen molar-refractivity contribution in [3.8, 4) is 0 Å². The van der Waals surface area contributed by atoms with Crippen LogP contribution in [0.1, 0.15) is 33.4 Å². The zero-order chi connectivity index (χ0) is 31.9. The van der Waals surface area contributed by atoms with Crippen molar-refractivity contribution in [2.45, 2.75) is 41.5 Å². The Hall–Kier alpha value is -5.48. The van der Waals surface area contributed by atoms with Crippen LogP contribution in [-0.4, -0.2) is 9.97 Å². The third kappa shape index (κ3) is 5.37. The average molecular weight is 599 g/mol. The van der Waals surface area contributed by atoms with Gasteiger partial charge in [-0.2, -0.15) is 0 Å². The lowest BCUT2D eigenvalue weighted by atomic mass is 9.92. The van der Waals surface area contributed by atoms with Crippen molar-refractivity contribution in [1.29, 1.82) is 0 Å². The highest BCUT2D eigenvalue weighted by atomic mass is 15.2. The van der Waals surface area contributed by atoms with Crippen LogP contribution < -0.4 is 9.80 Å². The lowest BCUT2D eigenvalue weighted by Crippen LogP contribution is -2.12. The van der Waals surface area contributed by atoms with E-state index in [1.807, 2.05) is 36.7 Å². The SMILES string of the molecule is Cc1cc(C)cc(N(c2ccc3c(C)c4cc(N(c5cc(C)cc(C)c5)c5ccccn5)ccc4c(C)c3c2)c2ccccn2)c1. The largest absolute Gasteiger partial charge is 0.295 e. The van der Waals surface area contributed by atoms with E-state index in [2.05, 4.69) is 136 Å². The summed E-state index contributed by atoms with van der Waals surface area (Å²) in [6.07, 6.45) is 3.72. The van der Waals surface area contributed by atoms with Gasteiger partial charge in [-0.1, -0.05) is 36.4 Å². The number of aromatic nitrogens is 2. The molecule has 0 unspecified atom stereocenters. The molecule has 2 heterocycles. The summed E-state index contributed by atoms with van der Waals surface area (Å²) >= 11 is 0. The van der Waals surface area contributed by atoms with Crippen molar-refractivity contribution in [1.82, 2.24) is 9.97 Å². The molecule has 0 aliphatic heterocycles. The van der Waals surface area contributed by atoms with Gasteiger partial charge in [0, 0.05) is 35.1 Å². The molecule has 0 amide bonds. The molecule has 46 heavy (non-hydrogen) atoms. The van der Waals surface area contributed by atoms with Gasteiger partial charge >= 0.3 is 0 Å². The number of hydrogen-bond donors (Lipinski definition) is 0. The van der Waals surface area contributed by atoms with Crippen LogP contribution in [0.3, 0.4) is 0 Å². The van der Waals surface area contributed by atoms with Crippen LogP contribution in [0, 0.1) is 41.5 Å². The van der Waals surface area contributed by atoms with Crippen LogP contribution >= 0.6 is 0 Å². The molecule has 0 radical (unpaired) electrons. The Balaban J connectivity index is 1.41. The maximum atomic E-state index is 4.76. The molecule has 0 spiro atoms. The normalized spacial score (nSPS) is 11.3. The first-order valence-corrected chi connectivity index (χ1v) is 15.8. The van der Waals surface area contributed by atoms with Gasteiger partial charge in [0.05, 0.1) is 0 Å². The number of pyridine rings is 2. The second-order valence-electron chi connectivity index (χ2n) is 12.4. The zero-order valence-electron chi connectivity index (χ0n) is 27.3. The Labute approximate surface area is 271 Å². The molecule has 0 N–H and O–H groups in total. The third-order valence-corrected chi connectivity index (χ3v) is 8.82. The molecule has 0 atom stereocenters. The number of hydrogen-bond acceptors (Lipinski definition) is 4. The summed E-state index contributed by atoms with van der Waals surface area (Å²) in [6.45, 7) is 13.1. The van der Waals surface area contributed by atoms with E-state index >= 15 is 0 Å². The molecule has 0 saturated heterocycles. The molecule has 7 rings (SSSR count). The van der Waals surface area contributed by atoms with Crippen LogP contribution in [0.15, 0.2) is 122 Å². The lowest BCUT2D eigenvalue weighted by molar-refractivity contribution is 1.17. The summed E-state index contributed by atoms with van der Waals surface area (Å²) < 4.78 is 0. The van der Waals surface area contributed by atoms with Crippen LogP contribution in [-0.2, 0) is 0 Å². The maximum absolute atomic E-state index is 4.76. The standard InChI is InChI=1S/C42H38N4/c1-27-19-28(2)22-35(21-27)45(41-11-7-9-17-43-41)33-13-15-37-32(6)40-26-34(14-16-38(40)31(5)39(37)25-33)46(42-12-8-10-18-44-42)36-23-29(3)20-30(4)24-36/h7-26H,1-6H3. The van der Waals surface area contributed by atoms with Crippen molar-refractivity contribution in [3.05, 3.63) is 155 Å². The van der Waals surface area contributed by atoms with Crippen LogP contribution in [0.2, 0.25) is 0 Å². The summed E-state index contributed by atoms with van der Waals surface area (Å²) in [4.78, 5) is 14.0. The summed E-state index contributed by atoms with van der Waals surface area (Å²) in [7, 11) is 0. The van der Waals surface area contributed by atoms with Crippen LogP contribution in [0.25, 0.3) is 21.5 Å². The molecule has 0 saturated carbocycles. The molecular weight excluding hydrogens is 560 g/mol. The van der Waals surface area contributed by atoms with E-state index in [9.17, 15) is 0 Å². The summed E-state index contributed by atoms with van der Waals surface area (Å²) in [5.41, 5.74) is 11.8. The Kier molecular flexibility index (Phi) is 7.50. The second kappa shape index (κ2) is 11.8. The van der Waals surface area contributed by atoms with Gasteiger partial charge in [-0.05, 0) is 169 Å². The Morgan fingerprint density at radius 1 is 0.370 bits per heavy atom.